The van der Waals surface area contributed by atoms with Crippen LogP contribution < -0.4 is 15.8 Å². The van der Waals surface area contributed by atoms with E-state index in [1.807, 2.05) is 6.92 Å². The summed E-state index contributed by atoms with van der Waals surface area (Å²) in [4.78, 5) is 11.6. The first-order valence-electron chi connectivity index (χ1n) is 5.45. The Labute approximate surface area is 100.0 Å². The molecule has 0 heterocycles. The Kier molecular flexibility index (Phi) is 4.90. The summed E-state index contributed by atoms with van der Waals surface area (Å²) >= 11 is 0. The zero-order chi connectivity index (χ0) is 12.8. The molecule has 94 valence electrons. The predicted molar refractivity (Wildman–Crippen MR) is 63.6 cm³/mol. The predicted octanol–water partition coefficient (Wildman–Crippen LogP) is 1.30. The Morgan fingerprint density at radius 2 is 2.29 bits per heavy atom. The van der Waals surface area contributed by atoms with Crippen LogP contribution in [0.3, 0.4) is 0 Å². The van der Waals surface area contributed by atoms with E-state index >= 15 is 0 Å². The Hall–Kier alpha value is -1.62. The molecule has 1 atom stereocenters. The molecule has 0 spiro atoms. The molecule has 0 saturated heterocycles. The average molecular weight is 240 g/mol. The first-order chi connectivity index (χ1) is 8.08. The van der Waals surface area contributed by atoms with Gasteiger partial charge in [0.25, 0.3) is 5.91 Å². The molecule has 1 rings (SSSR count). The minimum Gasteiger partial charge on any atom is -0.494 e. The monoisotopic (exact) mass is 240 g/mol. The SMILES string of the molecule is CCC(N)CNC(=O)c1ccc(OC)c(F)c1. The topological polar surface area (TPSA) is 64.3 Å². The molecule has 0 saturated carbocycles. The van der Waals surface area contributed by atoms with Gasteiger partial charge in [-0.25, -0.2) is 4.39 Å². The molecule has 0 bridgehead atoms. The molecule has 1 aromatic rings. The third-order valence-corrected chi connectivity index (χ3v) is 2.46. The highest BCUT2D eigenvalue weighted by Crippen LogP contribution is 2.17. The van der Waals surface area contributed by atoms with Crippen LogP contribution in [-0.4, -0.2) is 25.6 Å². The van der Waals surface area contributed by atoms with Gasteiger partial charge in [-0.05, 0) is 24.6 Å². The zero-order valence-electron chi connectivity index (χ0n) is 10.00. The van der Waals surface area contributed by atoms with Crippen molar-refractivity contribution in [1.82, 2.24) is 5.32 Å². The average Bonchev–Trinajstić information content (AvgIpc) is 2.35. The summed E-state index contributed by atoms with van der Waals surface area (Å²) < 4.78 is 18.1. The fourth-order valence-electron chi connectivity index (χ4n) is 1.28. The van der Waals surface area contributed by atoms with Crippen molar-refractivity contribution in [2.24, 2.45) is 5.73 Å². The summed E-state index contributed by atoms with van der Waals surface area (Å²) in [5, 5.41) is 2.64. The lowest BCUT2D eigenvalue weighted by Gasteiger charge is -2.10. The molecule has 17 heavy (non-hydrogen) atoms. The van der Waals surface area contributed by atoms with Gasteiger partial charge in [-0.1, -0.05) is 6.92 Å². The van der Waals surface area contributed by atoms with Gasteiger partial charge in [0.1, 0.15) is 0 Å². The van der Waals surface area contributed by atoms with E-state index in [9.17, 15) is 9.18 Å². The number of carbonyl (C=O) groups excluding carboxylic acids is 1. The van der Waals surface area contributed by atoms with Gasteiger partial charge >= 0.3 is 0 Å². The van der Waals surface area contributed by atoms with E-state index in [2.05, 4.69) is 5.32 Å². The van der Waals surface area contributed by atoms with Crippen LogP contribution in [0.15, 0.2) is 18.2 Å². The van der Waals surface area contributed by atoms with Crippen LogP contribution in [0.2, 0.25) is 0 Å². The largest absolute Gasteiger partial charge is 0.494 e. The Bertz CT molecular complexity index is 396. The molecule has 1 unspecified atom stereocenters. The summed E-state index contributed by atoms with van der Waals surface area (Å²) in [6, 6.07) is 3.99. The van der Waals surface area contributed by atoms with E-state index in [1.54, 1.807) is 0 Å². The molecule has 0 aliphatic carbocycles. The molecule has 0 radical (unpaired) electrons. The third kappa shape index (κ3) is 3.71. The molecule has 0 aliphatic heterocycles. The van der Waals surface area contributed by atoms with E-state index in [4.69, 9.17) is 10.5 Å². The number of carbonyl (C=O) groups is 1. The van der Waals surface area contributed by atoms with Gasteiger partial charge in [0.15, 0.2) is 11.6 Å². The number of hydrogen-bond acceptors (Lipinski definition) is 3. The van der Waals surface area contributed by atoms with Gasteiger partial charge in [-0.15, -0.1) is 0 Å². The number of halogens is 1. The highest BCUT2D eigenvalue weighted by atomic mass is 19.1. The first kappa shape index (κ1) is 13.4. The summed E-state index contributed by atoms with van der Waals surface area (Å²) in [5.41, 5.74) is 5.92. The Morgan fingerprint density at radius 3 is 2.82 bits per heavy atom. The molecule has 5 heteroatoms. The highest BCUT2D eigenvalue weighted by molar-refractivity contribution is 5.94. The van der Waals surface area contributed by atoms with Crippen LogP contribution in [0, 0.1) is 5.82 Å². The maximum Gasteiger partial charge on any atom is 0.251 e. The normalized spacial score (nSPS) is 12.0. The molecule has 0 aromatic heterocycles. The lowest BCUT2D eigenvalue weighted by atomic mass is 10.2. The molecular weight excluding hydrogens is 223 g/mol. The Balaban J connectivity index is 2.66. The molecule has 0 aliphatic rings. The maximum absolute atomic E-state index is 13.3. The summed E-state index contributed by atoms with van der Waals surface area (Å²) in [5.74, 6) is -0.776. The fourth-order valence-corrected chi connectivity index (χ4v) is 1.28. The fraction of sp³-hybridized carbons (Fsp3) is 0.417. The maximum atomic E-state index is 13.3. The van der Waals surface area contributed by atoms with Crippen LogP contribution in [0.1, 0.15) is 23.7 Å². The third-order valence-electron chi connectivity index (χ3n) is 2.46. The van der Waals surface area contributed by atoms with Crippen LogP contribution in [0.5, 0.6) is 5.75 Å². The van der Waals surface area contributed by atoms with Crippen LogP contribution in [-0.2, 0) is 0 Å². The second-order valence-electron chi connectivity index (χ2n) is 3.73. The summed E-state index contributed by atoms with van der Waals surface area (Å²) in [6.45, 7) is 2.31. The number of rotatable bonds is 5. The number of amides is 1. The molecule has 3 N–H and O–H groups in total. The lowest BCUT2D eigenvalue weighted by molar-refractivity contribution is 0.0950. The molecule has 1 aromatic carbocycles. The van der Waals surface area contributed by atoms with Crippen LogP contribution >= 0.6 is 0 Å². The molecule has 1 amide bonds. The number of nitrogens with two attached hydrogens (primary N) is 1. The Morgan fingerprint density at radius 1 is 1.59 bits per heavy atom. The van der Waals surface area contributed by atoms with Crippen molar-refractivity contribution >= 4 is 5.91 Å². The van der Waals surface area contributed by atoms with E-state index in [0.717, 1.165) is 12.5 Å². The van der Waals surface area contributed by atoms with Crippen LogP contribution in [0.25, 0.3) is 0 Å². The number of nitrogens with one attached hydrogen (secondary N) is 1. The van der Waals surface area contributed by atoms with Crippen molar-refractivity contribution in [1.29, 1.82) is 0 Å². The molecular formula is C12H17FN2O2. The molecule has 0 fully saturated rings. The highest BCUT2D eigenvalue weighted by Gasteiger charge is 2.10. The van der Waals surface area contributed by atoms with E-state index in [-0.39, 0.29) is 23.3 Å². The van der Waals surface area contributed by atoms with Gasteiger partial charge < -0.3 is 15.8 Å². The number of hydrogen-bond donors (Lipinski definition) is 2. The number of ether oxygens (including phenoxy) is 1. The van der Waals surface area contributed by atoms with E-state index < -0.39 is 5.82 Å². The van der Waals surface area contributed by atoms with Crippen molar-refractivity contribution in [3.05, 3.63) is 29.6 Å². The number of methoxy groups -OCH3 is 1. The van der Waals surface area contributed by atoms with Crippen molar-refractivity contribution in [3.8, 4) is 5.75 Å². The molecule has 4 nitrogen and oxygen atoms in total. The first-order valence-corrected chi connectivity index (χ1v) is 5.45. The number of benzene rings is 1. The van der Waals surface area contributed by atoms with Crippen molar-refractivity contribution in [2.45, 2.75) is 19.4 Å². The summed E-state index contributed by atoms with van der Waals surface area (Å²) in [7, 11) is 1.37. The smallest absolute Gasteiger partial charge is 0.251 e. The zero-order valence-corrected chi connectivity index (χ0v) is 10.00. The van der Waals surface area contributed by atoms with Gasteiger partial charge in [0, 0.05) is 18.2 Å². The minimum absolute atomic E-state index is 0.0814. The second-order valence-corrected chi connectivity index (χ2v) is 3.73. The van der Waals surface area contributed by atoms with Crippen molar-refractivity contribution < 1.29 is 13.9 Å². The van der Waals surface area contributed by atoms with E-state index in [1.165, 1.54) is 19.2 Å². The van der Waals surface area contributed by atoms with Gasteiger partial charge in [0.2, 0.25) is 0 Å². The quantitative estimate of drug-likeness (QED) is 0.815. The standard InChI is InChI=1S/C12H17FN2O2/c1-3-9(14)7-15-12(16)8-4-5-11(17-2)10(13)6-8/h4-6,9H,3,7,14H2,1-2H3,(H,15,16). The summed E-state index contributed by atoms with van der Waals surface area (Å²) in [6.07, 6.45) is 0.775. The van der Waals surface area contributed by atoms with Crippen LogP contribution in [0.4, 0.5) is 4.39 Å². The van der Waals surface area contributed by atoms with Gasteiger partial charge in [-0.3, -0.25) is 4.79 Å². The van der Waals surface area contributed by atoms with E-state index in [0.29, 0.717) is 6.54 Å². The van der Waals surface area contributed by atoms with Crippen molar-refractivity contribution in [2.75, 3.05) is 13.7 Å². The lowest BCUT2D eigenvalue weighted by Crippen LogP contribution is -2.36. The second kappa shape index (κ2) is 6.20. The van der Waals surface area contributed by atoms with Gasteiger partial charge in [-0.2, -0.15) is 0 Å². The minimum atomic E-state index is -0.556. The van der Waals surface area contributed by atoms with Crippen molar-refractivity contribution in [3.63, 3.8) is 0 Å². The van der Waals surface area contributed by atoms with Gasteiger partial charge in [0.05, 0.1) is 7.11 Å².